The van der Waals surface area contributed by atoms with Crippen molar-refractivity contribution in [2.45, 2.75) is 76.5 Å². The zero-order valence-electron chi connectivity index (χ0n) is 21.6. The standard InChI is InChI=1S/C24H28F2N4O10/c1-11-7-29(23(35)27-21(11)33)17-5-13(25)15(39-17)9-37-19(31)3-4-20(32)38-10-16-14(26)6-18(40-16)30-8-12(2)22(34)28-24(30)36/h7-8,13-18H,3-6,9-10H2,1-2H3,(H,27,33,35)(H,28,34,36)/t13-,14-,15-,16-,17-,18-/m1/s1. The molecule has 0 aliphatic carbocycles. The van der Waals surface area contributed by atoms with Crippen LogP contribution in [0.25, 0.3) is 0 Å². The molecule has 2 aliphatic heterocycles. The summed E-state index contributed by atoms with van der Waals surface area (Å²) in [6.07, 6.45) is -6.11. The fraction of sp³-hybridized carbons (Fsp3) is 0.583. The van der Waals surface area contributed by atoms with Crippen LogP contribution in [0.3, 0.4) is 0 Å². The molecule has 0 spiro atoms. The SMILES string of the molecule is Cc1cn([C@H]2C[C@@H](F)[C@@H](COC(=O)CCC(=O)OC[C@H]3O[C@@H](n4cc(C)c(=O)[nH]c4=O)C[C@H]3F)O2)c(=O)[nH]c1=O. The minimum absolute atomic E-state index is 0.198. The fourth-order valence-corrected chi connectivity index (χ4v) is 4.32. The highest BCUT2D eigenvalue weighted by Gasteiger charge is 2.39. The summed E-state index contributed by atoms with van der Waals surface area (Å²) in [4.78, 5) is 75.4. The molecule has 2 aliphatic rings. The van der Waals surface area contributed by atoms with E-state index in [9.17, 15) is 37.5 Å². The maximum atomic E-state index is 14.4. The van der Waals surface area contributed by atoms with Crippen LogP contribution in [0.5, 0.6) is 0 Å². The maximum absolute atomic E-state index is 14.4. The minimum atomic E-state index is -1.55. The molecule has 0 unspecified atom stereocenters. The summed E-state index contributed by atoms with van der Waals surface area (Å²) in [6, 6.07) is 0. The molecular weight excluding hydrogens is 542 g/mol. The summed E-state index contributed by atoms with van der Waals surface area (Å²) in [6.45, 7) is 2.03. The van der Waals surface area contributed by atoms with Gasteiger partial charge < -0.3 is 18.9 Å². The first-order valence-electron chi connectivity index (χ1n) is 12.5. The van der Waals surface area contributed by atoms with E-state index in [1.165, 1.54) is 26.2 Å². The van der Waals surface area contributed by atoms with Crippen molar-refractivity contribution in [1.82, 2.24) is 19.1 Å². The molecule has 4 heterocycles. The molecule has 218 valence electrons. The van der Waals surface area contributed by atoms with Crippen LogP contribution in [0.15, 0.2) is 31.6 Å². The number of aryl methyl sites for hydroxylation is 2. The number of esters is 2. The van der Waals surface area contributed by atoms with E-state index in [4.69, 9.17) is 18.9 Å². The van der Waals surface area contributed by atoms with Crippen LogP contribution >= 0.6 is 0 Å². The molecule has 6 atom stereocenters. The van der Waals surface area contributed by atoms with Gasteiger partial charge in [0.1, 0.15) is 50.2 Å². The Kier molecular flexibility index (Phi) is 8.78. The Balaban J connectivity index is 1.19. The van der Waals surface area contributed by atoms with Crippen molar-refractivity contribution in [3.05, 3.63) is 65.2 Å². The first-order chi connectivity index (χ1) is 18.9. The highest BCUT2D eigenvalue weighted by atomic mass is 19.1. The van der Waals surface area contributed by atoms with Gasteiger partial charge in [-0.15, -0.1) is 0 Å². The summed E-state index contributed by atoms with van der Waals surface area (Å²) in [5, 5.41) is 0. The molecule has 4 rings (SSSR count). The van der Waals surface area contributed by atoms with E-state index in [1.807, 2.05) is 0 Å². The van der Waals surface area contributed by atoms with E-state index in [1.54, 1.807) is 0 Å². The van der Waals surface area contributed by atoms with Crippen molar-refractivity contribution in [2.24, 2.45) is 0 Å². The normalized spacial score (nSPS) is 26.1. The van der Waals surface area contributed by atoms with Crippen molar-refractivity contribution in [3.63, 3.8) is 0 Å². The van der Waals surface area contributed by atoms with Gasteiger partial charge in [-0.05, 0) is 13.8 Å². The molecule has 2 N–H and O–H groups in total. The van der Waals surface area contributed by atoms with E-state index in [0.29, 0.717) is 0 Å². The molecule has 16 heteroatoms. The first kappa shape index (κ1) is 29.1. The molecule has 2 aromatic heterocycles. The Morgan fingerprint density at radius 2 is 1.18 bits per heavy atom. The summed E-state index contributed by atoms with van der Waals surface area (Å²) in [5.41, 5.74) is -2.18. The lowest BCUT2D eigenvalue weighted by atomic mass is 10.2. The largest absolute Gasteiger partial charge is 0.463 e. The highest BCUT2D eigenvalue weighted by Crippen LogP contribution is 2.31. The highest BCUT2D eigenvalue weighted by molar-refractivity contribution is 5.77. The first-order valence-corrected chi connectivity index (χ1v) is 12.5. The molecule has 0 aromatic carbocycles. The predicted octanol–water partition coefficient (Wildman–Crippen LogP) is -0.179. The zero-order chi connectivity index (χ0) is 29.1. The number of nitrogens with one attached hydrogen (secondary N) is 2. The Hall–Kier alpha value is -3.92. The molecule has 0 bridgehead atoms. The third kappa shape index (κ3) is 6.62. The van der Waals surface area contributed by atoms with Crippen molar-refractivity contribution < 1.29 is 37.3 Å². The quantitative estimate of drug-likeness (QED) is 0.384. The second-order valence-electron chi connectivity index (χ2n) is 9.59. The maximum Gasteiger partial charge on any atom is 0.330 e. The summed E-state index contributed by atoms with van der Waals surface area (Å²) < 4.78 is 51.9. The van der Waals surface area contributed by atoms with Crippen molar-refractivity contribution in [3.8, 4) is 0 Å². The molecule has 14 nitrogen and oxygen atoms in total. The molecule has 2 saturated heterocycles. The Bertz CT molecular complexity index is 1390. The predicted molar refractivity (Wildman–Crippen MR) is 130 cm³/mol. The second-order valence-corrected chi connectivity index (χ2v) is 9.59. The fourth-order valence-electron chi connectivity index (χ4n) is 4.32. The molecule has 0 radical (unpaired) electrons. The molecular formula is C24H28F2N4O10. The molecule has 2 fully saturated rings. The van der Waals surface area contributed by atoms with Crippen LogP contribution in [0.4, 0.5) is 8.78 Å². The third-order valence-corrected chi connectivity index (χ3v) is 6.59. The van der Waals surface area contributed by atoms with Crippen molar-refractivity contribution in [2.75, 3.05) is 13.2 Å². The Morgan fingerprint density at radius 1 is 0.800 bits per heavy atom. The minimum Gasteiger partial charge on any atom is -0.463 e. The van der Waals surface area contributed by atoms with Crippen LogP contribution in [-0.2, 0) is 28.5 Å². The van der Waals surface area contributed by atoms with Gasteiger partial charge >= 0.3 is 23.3 Å². The number of nitrogens with zero attached hydrogens (tertiary/aromatic N) is 2. The molecule has 0 saturated carbocycles. The van der Waals surface area contributed by atoms with Gasteiger partial charge in [0.15, 0.2) is 0 Å². The van der Waals surface area contributed by atoms with Gasteiger partial charge in [0.05, 0.1) is 12.8 Å². The number of alkyl halides is 2. The average Bonchev–Trinajstić information content (AvgIpc) is 3.46. The number of aromatic amines is 2. The summed E-state index contributed by atoms with van der Waals surface area (Å²) >= 11 is 0. The Morgan fingerprint density at radius 3 is 1.55 bits per heavy atom. The Labute approximate surface area is 223 Å². The van der Waals surface area contributed by atoms with Gasteiger partial charge in [0.25, 0.3) is 11.1 Å². The smallest absolute Gasteiger partial charge is 0.330 e. The van der Waals surface area contributed by atoms with Crippen LogP contribution in [0, 0.1) is 13.8 Å². The van der Waals surface area contributed by atoms with E-state index in [2.05, 4.69) is 9.97 Å². The number of halogens is 2. The number of H-pyrrole nitrogens is 2. The number of aromatic nitrogens is 4. The van der Waals surface area contributed by atoms with Crippen LogP contribution in [0.2, 0.25) is 0 Å². The van der Waals surface area contributed by atoms with Gasteiger partial charge in [-0.1, -0.05) is 0 Å². The summed E-state index contributed by atoms with van der Waals surface area (Å²) in [5.74, 6) is -1.66. The number of carbonyl (C=O) groups is 2. The second kappa shape index (κ2) is 12.1. The number of hydrogen-bond acceptors (Lipinski definition) is 10. The van der Waals surface area contributed by atoms with Gasteiger partial charge in [-0.2, -0.15) is 0 Å². The van der Waals surface area contributed by atoms with E-state index < -0.39 is 97.5 Å². The number of rotatable bonds is 9. The van der Waals surface area contributed by atoms with E-state index >= 15 is 0 Å². The van der Waals surface area contributed by atoms with Crippen LogP contribution in [-0.4, -0.2) is 68.8 Å². The molecule has 2 aromatic rings. The van der Waals surface area contributed by atoms with Gasteiger partial charge in [-0.25, -0.2) is 18.4 Å². The lowest BCUT2D eigenvalue weighted by Gasteiger charge is -2.16. The zero-order valence-corrected chi connectivity index (χ0v) is 21.6. The average molecular weight is 571 g/mol. The monoisotopic (exact) mass is 570 g/mol. The van der Waals surface area contributed by atoms with Crippen LogP contribution in [0.1, 0.15) is 49.3 Å². The van der Waals surface area contributed by atoms with Gasteiger partial charge in [0, 0.05) is 36.4 Å². The lowest BCUT2D eigenvalue weighted by molar-refractivity contribution is -0.156. The number of carbonyl (C=O) groups excluding carboxylic acids is 2. The van der Waals surface area contributed by atoms with E-state index in [0.717, 1.165) is 9.13 Å². The van der Waals surface area contributed by atoms with Gasteiger partial charge in [-0.3, -0.25) is 38.3 Å². The number of ether oxygens (including phenoxy) is 4. The van der Waals surface area contributed by atoms with E-state index in [-0.39, 0.29) is 24.0 Å². The molecule has 0 amide bonds. The topological polar surface area (TPSA) is 181 Å². The number of hydrogen-bond donors (Lipinski definition) is 2. The lowest BCUT2D eigenvalue weighted by Crippen LogP contribution is -2.33. The van der Waals surface area contributed by atoms with Crippen molar-refractivity contribution in [1.29, 1.82) is 0 Å². The third-order valence-electron chi connectivity index (χ3n) is 6.59. The van der Waals surface area contributed by atoms with Gasteiger partial charge in [0.2, 0.25) is 0 Å². The molecule has 40 heavy (non-hydrogen) atoms. The summed E-state index contributed by atoms with van der Waals surface area (Å²) in [7, 11) is 0. The van der Waals surface area contributed by atoms with Crippen LogP contribution < -0.4 is 22.5 Å². The van der Waals surface area contributed by atoms with Crippen molar-refractivity contribution >= 4 is 11.9 Å².